The molecule has 8 heteroatoms. The lowest BCUT2D eigenvalue weighted by Gasteiger charge is -2.36. The number of benzene rings is 2. The van der Waals surface area contributed by atoms with Gasteiger partial charge in [0.1, 0.15) is 17.3 Å². The van der Waals surface area contributed by atoms with Gasteiger partial charge in [0.25, 0.3) is 0 Å². The number of para-hydroxylation sites is 2. The molecule has 8 nitrogen and oxygen atoms in total. The van der Waals surface area contributed by atoms with Crippen LogP contribution >= 0.6 is 0 Å². The summed E-state index contributed by atoms with van der Waals surface area (Å²) in [6.45, 7) is 0. The molecule has 31 heavy (non-hydrogen) atoms. The zero-order valence-electron chi connectivity index (χ0n) is 17.3. The van der Waals surface area contributed by atoms with Crippen LogP contribution < -0.4 is 15.4 Å². The predicted octanol–water partition coefficient (Wildman–Crippen LogP) is 2.59. The lowest BCUT2D eigenvalue weighted by molar-refractivity contribution is -0.139. The fourth-order valence-electron chi connectivity index (χ4n) is 3.58. The van der Waals surface area contributed by atoms with Crippen molar-refractivity contribution >= 4 is 17.6 Å². The van der Waals surface area contributed by atoms with Gasteiger partial charge in [0.2, 0.25) is 0 Å². The Morgan fingerprint density at radius 1 is 0.968 bits per heavy atom. The fraction of sp³-hybridized carbons (Fsp3) is 0.174. The normalized spacial score (nSPS) is 15.9. The number of hydrogen-bond acceptors (Lipinski definition) is 8. The summed E-state index contributed by atoms with van der Waals surface area (Å²) < 4.78 is 15.4. The average molecular weight is 419 g/mol. The zero-order chi connectivity index (χ0) is 22.5. The van der Waals surface area contributed by atoms with E-state index in [0.717, 1.165) is 0 Å². The van der Waals surface area contributed by atoms with Gasteiger partial charge in [0.05, 0.1) is 50.2 Å². The van der Waals surface area contributed by atoms with Crippen molar-refractivity contribution < 1.29 is 23.8 Å². The van der Waals surface area contributed by atoms with Crippen molar-refractivity contribution in [3.05, 3.63) is 82.8 Å². The molecule has 1 aliphatic rings. The number of nitriles is 1. The van der Waals surface area contributed by atoms with Crippen molar-refractivity contribution in [2.45, 2.75) is 5.92 Å². The summed E-state index contributed by atoms with van der Waals surface area (Å²) in [4.78, 5) is 27.2. The van der Waals surface area contributed by atoms with Crippen LogP contribution in [0.2, 0.25) is 0 Å². The number of nitrogens with two attached hydrogens (primary N) is 1. The SMILES string of the molecule is COC(=O)C1=C(C(=O)OC)N(c2ccccc2OC)C(N)=C(C#N)C1c1ccccc1. The second-order valence-electron chi connectivity index (χ2n) is 6.51. The number of hydrogen-bond donors (Lipinski definition) is 1. The summed E-state index contributed by atoms with van der Waals surface area (Å²) in [5, 5.41) is 10.0. The first-order chi connectivity index (χ1) is 15.0. The number of allylic oxidation sites excluding steroid dienone is 1. The van der Waals surface area contributed by atoms with E-state index in [-0.39, 0.29) is 22.7 Å². The maximum absolute atomic E-state index is 13.0. The number of esters is 2. The third-order valence-electron chi connectivity index (χ3n) is 4.94. The van der Waals surface area contributed by atoms with Crippen molar-refractivity contribution in [1.29, 1.82) is 5.26 Å². The minimum absolute atomic E-state index is 0.0195. The number of rotatable bonds is 5. The van der Waals surface area contributed by atoms with E-state index in [1.54, 1.807) is 54.6 Å². The number of carbonyl (C=O) groups is 2. The van der Waals surface area contributed by atoms with E-state index in [1.807, 2.05) is 0 Å². The van der Waals surface area contributed by atoms with E-state index in [0.29, 0.717) is 17.0 Å². The monoisotopic (exact) mass is 419 g/mol. The average Bonchev–Trinajstić information content (AvgIpc) is 2.82. The lowest BCUT2D eigenvalue weighted by atomic mass is 9.81. The van der Waals surface area contributed by atoms with E-state index in [9.17, 15) is 14.9 Å². The first-order valence-corrected chi connectivity index (χ1v) is 9.28. The molecule has 1 heterocycles. The van der Waals surface area contributed by atoms with E-state index in [1.165, 1.54) is 26.2 Å². The molecular weight excluding hydrogens is 398 g/mol. The van der Waals surface area contributed by atoms with Crippen LogP contribution in [-0.4, -0.2) is 33.3 Å². The summed E-state index contributed by atoms with van der Waals surface area (Å²) in [5.41, 5.74) is 7.28. The molecule has 1 unspecified atom stereocenters. The molecule has 0 fully saturated rings. The second-order valence-corrected chi connectivity index (χ2v) is 6.51. The van der Waals surface area contributed by atoms with Gasteiger partial charge in [-0.3, -0.25) is 4.90 Å². The highest BCUT2D eigenvalue weighted by Gasteiger charge is 2.43. The number of carbonyl (C=O) groups excluding carboxylic acids is 2. The van der Waals surface area contributed by atoms with Crippen LogP contribution in [-0.2, 0) is 19.1 Å². The van der Waals surface area contributed by atoms with Gasteiger partial charge in [-0.05, 0) is 17.7 Å². The molecule has 0 bridgehead atoms. The Morgan fingerprint density at radius 2 is 1.58 bits per heavy atom. The molecule has 1 aliphatic heterocycles. The van der Waals surface area contributed by atoms with Gasteiger partial charge in [0, 0.05) is 0 Å². The first kappa shape index (κ1) is 21.5. The molecule has 158 valence electrons. The Balaban J connectivity index is 2.44. The summed E-state index contributed by atoms with van der Waals surface area (Å²) in [6.07, 6.45) is 0. The quantitative estimate of drug-likeness (QED) is 0.736. The van der Waals surface area contributed by atoms with Crippen LogP contribution in [0, 0.1) is 11.3 Å². The third kappa shape index (κ3) is 3.69. The molecule has 2 aromatic carbocycles. The molecule has 0 spiro atoms. The van der Waals surface area contributed by atoms with Gasteiger partial charge in [-0.2, -0.15) is 5.26 Å². The van der Waals surface area contributed by atoms with Gasteiger partial charge >= 0.3 is 11.9 Å². The van der Waals surface area contributed by atoms with E-state index in [4.69, 9.17) is 19.9 Å². The van der Waals surface area contributed by atoms with Crippen molar-refractivity contribution in [1.82, 2.24) is 0 Å². The summed E-state index contributed by atoms with van der Waals surface area (Å²) in [6, 6.07) is 17.7. The molecule has 0 aliphatic carbocycles. The maximum atomic E-state index is 13.0. The highest BCUT2D eigenvalue weighted by atomic mass is 16.5. The molecular formula is C23H21N3O5. The van der Waals surface area contributed by atoms with Crippen LogP contribution in [0.5, 0.6) is 5.75 Å². The number of methoxy groups -OCH3 is 3. The van der Waals surface area contributed by atoms with Crippen molar-refractivity contribution in [2.75, 3.05) is 26.2 Å². The molecule has 2 aromatic rings. The number of ether oxygens (including phenoxy) is 3. The summed E-state index contributed by atoms with van der Waals surface area (Å²) in [5.74, 6) is -2.15. The largest absolute Gasteiger partial charge is 0.495 e. The van der Waals surface area contributed by atoms with Crippen molar-refractivity contribution in [3.8, 4) is 11.8 Å². The van der Waals surface area contributed by atoms with Gasteiger partial charge < -0.3 is 19.9 Å². The van der Waals surface area contributed by atoms with Crippen molar-refractivity contribution in [2.24, 2.45) is 5.73 Å². The summed E-state index contributed by atoms with van der Waals surface area (Å²) in [7, 11) is 3.86. The Hall–Kier alpha value is -4.25. The zero-order valence-corrected chi connectivity index (χ0v) is 17.3. The minimum Gasteiger partial charge on any atom is -0.495 e. The Labute approximate surface area is 179 Å². The molecule has 0 saturated heterocycles. The smallest absolute Gasteiger partial charge is 0.355 e. The number of anilines is 1. The van der Waals surface area contributed by atoms with Gasteiger partial charge in [-0.15, -0.1) is 0 Å². The third-order valence-corrected chi connectivity index (χ3v) is 4.94. The molecule has 1 atom stereocenters. The van der Waals surface area contributed by atoms with Gasteiger partial charge in [0.15, 0.2) is 0 Å². The Bertz CT molecular complexity index is 1120. The molecule has 3 rings (SSSR count). The fourth-order valence-corrected chi connectivity index (χ4v) is 3.58. The molecule has 0 amide bonds. The van der Waals surface area contributed by atoms with E-state index < -0.39 is 17.9 Å². The van der Waals surface area contributed by atoms with Gasteiger partial charge in [-0.1, -0.05) is 42.5 Å². The summed E-state index contributed by atoms with van der Waals surface area (Å²) >= 11 is 0. The van der Waals surface area contributed by atoms with Crippen LogP contribution in [0.1, 0.15) is 11.5 Å². The van der Waals surface area contributed by atoms with Crippen LogP contribution in [0.4, 0.5) is 5.69 Å². The number of nitrogens with zero attached hydrogens (tertiary/aromatic N) is 2. The first-order valence-electron chi connectivity index (χ1n) is 9.28. The molecule has 0 aromatic heterocycles. The van der Waals surface area contributed by atoms with E-state index in [2.05, 4.69) is 6.07 Å². The van der Waals surface area contributed by atoms with Crippen LogP contribution in [0.15, 0.2) is 77.3 Å². The van der Waals surface area contributed by atoms with Gasteiger partial charge in [-0.25, -0.2) is 9.59 Å². The highest BCUT2D eigenvalue weighted by Crippen LogP contribution is 2.44. The minimum atomic E-state index is -0.918. The molecule has 2 N–H and O–H groups in total. The maximum Gasteiger partial charge on any atom is 0.355 e. The Morgan fingerprint density at radius 3 is 2.16 bits per heavy atom. The highest BCUT2D eigenvalue weighted by molar-refractivity contribution is 6.06. The van der Waals surface area contributed by atoms with Crippen LogP contribution in [0.25, 0.3) is 0 Å². The second kappa shape index (κ2) is 9.05. The Kier molecular flexibility index (Phi) is 6.26. The standard InChI is InChI=1S/C23H21N3O5/c1-29-17-12-8-7-11-16(17)26-20(23(28)31-3)19(22(27)30-2)18(15(13-24)21(26)25)14-9-5-4-6-10-14/h4-12,18H,25H2,1-3H3. The molecule has 0 saturated carbocycles. The van der Waals surface area contributed by atoms with Crippen LogP contribution in [0.3, 0.4) is 0 Å². The lowest BCUT2D eigenvalue weighted by Crippen LogP contribution is -2.40. The molecule has 0 radical (unpaired) electrons. The van der Waals surface area contributed by atoms with E-state index >= 15 is 0 Å². The predicted molar refractivity (Wildman–Crippen MR) is 113 cm³/mol. The van der Waals surface area contributed by atoms with Crippen molar-refractivity contribution in [3.63, 3.8) is 0 Å². The topological polar surface area (TPSA) is 115 Å².